The summed E-state index contributed by atoms with van der Waals surface area (Å²) in [6.07, 6.45) is 0.751. The zero-order chi connectivity index (χ0) is 16.5. The number of benzene rings is 2. The maximum absolute atomic E-state index is 12.8. The van der Waals surface area contributed by atoms with Gasteiger partial charge in [0.05, 0.1) is 0 Å². The summed E-state index contributed by atoms with van der Waals surface area (Å²) in [6, 6.07) is 11.2. The number of hydrogen-bond donors (Lipinski definition) is 0. The average Bonchev–Trinajstić information content (AvgIpc) is 2.47. The van der Waals surface area contributed by atoms with E-state index >= 15 is 0 Å². The molecule has 2 heteroatoms. The van der Waals surface area contributed by atoms with Gasteiger partial charge in [-0.1, -0.05) is 45.0 Å². The van der Waals surface area contributed by atoms with E-state index in [0.717, 1.165) is 23.0 Å². The monoisotopic (exact) mass is 294 g/mol. The third-order valence-electron chi connectivity index (χ3n) is 4.06. The molecule has 0 aromatic heterocycles. The second-order valence-corrected chi connectivity index (χ2v) is 6.80. The van der Waals surface area contributed by atoms with Gasteiger partial charge in [0, 0.05) is 16.7 Å². The lowest BCUT2D eigenvalue weighted by atomic mass is 9.84. The number of ketones is 1. The quantitative estimate of drug-likeness (QED) is 0.610. The van der Waals surface area contributed by atoms with Crippen LogP contribution in [0.4, 0.5) is 0 Å². The van der Waals surface area contributed by atoms with Crippen molar-refractivity contribution in [1.29, 1.82) is 0 Å². The maximum atomic E-state index is 12.8. The highest BCUT2D eigenvalue weighted by molar-refractivity contribution is 6.13. The second kappa shape index (κ2) is 5.88. The zero-order valence-electron chi connectivity index (χ0n) is 13.9. The molecule has 0 fully saturated rings. The fraction of sp³-hybridized carbons (Fsp3) is 0.300. The molecule has 0 heterocycles. The van der Waals surface area contributed by atoms with Crippen molar-refractivity contribution in [3.05, 3.63) is 69.8 Å². The summed E-state index contributed by atoms with van der Waals surface area (Å²) < 4.78 is 0. The van der Waals surface area contributed by atoms with E-state index in [0.29, 0.717) is 16.7 Å². The molecule has 0 saturated heterocycles. The van der Waals surface area contributed by atoms with E-state index in [1.165, 1.54) is 0 Å². The van der Waals surface area contributed by atoms with E-state index < -0.39 is 0 Å². The molecule has 0 spiro atoms. The number of carbonyl (C=O) groups excluding carboxylic acids is 2. The summed E-state index contributed by atoms with van der Waals surface area (Å²) in [4.78, 5) is 24.1. The van der Waals surface area contributed by atoms with Gasteiger partial charge in [0.1, 0.15) is 0 Å². The molecule has 0 atom stereocenters. The van der Waals surface area contributed by atoms with E-state index in [4.69, 9.17) is 0 Å². The highest BCUT2D eigenvalue weighted by atomic mass is 16.1. The molecule has 2 aromatic rings. The topological polar surface area (TPSA) is 34.1 Å². The first-order valence-corrected chi connectivity index (χ1v) is 7.45. The van der Waals surface area contributed by atoms with E-state index in [9.17, 15) is 9.59 Å². The van der Waals surface area contributed by atoms with Crippen LogP contribution in [0.3, 0.4) is 0 Å². The highest BCUT2D eigenvalue weighted by Gasteiger charge is 2.19. The largest absolute Gasteiger partial charge is 0.298 e. The number of aryl methyl sites for hydroxylation is 2. The van der Waals surface area contributed by atoms with Crippen molar-refractivity contribution in [2.75, 3.05) is 0 Å². The second-order valence-electron chi connectivity index (χ2n) is 6.80. The molecule has 2 rings (SSSR count). The van der Waals surface area contributed by atoms with Crippen molar-refractivity contribution in [2.45, 2.75) is 40.0 Å². The molecule has 0 amide bonds. The van der Waals surface area contributed by atoms with Gasteiger partial charge in [-0.3, -0.25) is 9.59 Å². The molecule has 2 nitrogen and oxygen atoms in total. The van der Waals surface area contributed by atoms with Gasteiger partial charge in [-0.15, -0.1) is 0 Å². The first-order valence-electron chi connectivity index (χ1n) is 7.45. The standard InChI is InChI=1S/C20H22O2/c1-13-6-7-15(10-14(13)2)19(22)18-11-17(20(3,4)5)9-8-16(18)12-21/h6-12H,1-5H3. The average molecular weight is 294 g/mol. The molecule has 0 bridgehead atoms. The Hall–Kier alpha value is -2.22. The van der Waals surface area contributed by atoms with Crippen molar-refractivity contribution < 1.29 is 9.59 Å². The normalized spacial score (nSPS) is 11.3. The SMILES string of the molecule is Cc1ccc(C(=O)c2cc(C(C)(C)C)ccc2C=O)cc1C. The van der Waals surface area contributed by atoms with Gasteiger partial charge < -0.3 is 0 Å². The number of rotatable bonds is 3. The summed E-state index contributed by atoms with van der Waals surface area (Å²) in [5.74, 6) is -0.101. The molecule has 114 valence electrons. The fourth-order valence-electron chi connectivity index (χ4n) is 2.36. The molecule has 0 aliphatic heterocycles. The van der Waals surface area contributed by atoms with Gasteiger partial charge in [-0.05, 0) is 48.1 Å². The van der Waals surface area contributed by atoms with Crippen LogP contribution >= 0.6 is 0 Å². The molecule has 0 N–H and O–H groups in total. The van der Waals surface area contributed by atoms with Crippen LogP contribution in [-0.4, -0.2) is 12.1 Å². The van der Waals surface area contributed by atoms with E-state index in [1.807, 2.05) is 44.2 Å². The summed E-state index contributed by atoms with van der Waals surface area (Å²) in [5.41, 5.74) is 4.74. The van der Waals surface area contributed by atoms with Gasteiger partial charge in [-0.25, -0.2) is 0 Å². The van der Waals surface area contributed by atoms with Gasteiger partial charge in [0.25, 0.3) is 0 Å². The van der Waals surface area contributed by atoms with Crippen LogP contribution in [0.1, 0.15) is 63.7 Å². The minimum Gasteiger partial charge on any atom is -0.298 e. The molecular formula is C20H22O2. The van der Waals surface area contributed by atoms with Gasteiger partial charge in [0.15, 0.2) is 12.1 Å². The third kappa shape index (κ3) is 3.16. The first kappa shape index (κ1) is 16.2. The van der Waals surface area contributed by atoms with Crippen LogP contribution in [0.25, 0.3) is 0 Å². The Morgan fingerprint density at radius 3 is 2.18 bits per heavy atom. The molecule has 0 radical (unpaired) electrons. The van der Waals surface area contributed by atoms with Crippen molar-refractivity contribution >= 4 is 12.1 Å². The highest BCUT2D eigenvalue weighted by Crippen LogP contribution is 2.26. The van der Waals surface area contributed by atoms with Gasteiger partial charge >= 0.3 is 0 Å². The lowest BCUT2D eigenvalue weighted by Gasteiger charge is -2.20. The van der Waals surface area contributed by atoms with Crippen LogP contribution in [0.5, 0.6) is 0 Å². The predicted molar refractivity (Wildman–Crippen MR) is 89.9 cm³/mol. The van der Waals surface area contributed by atoms with Gasteiger partial charge in [-0.2, -0.15) is 0 Å². The first-order chi connectivity index (χ1) is 10.2. The number of aldehydes is 1. The van der Waals surface area contributed by atoms with Gasteiger partial charge in [0.2, 0.25) is 0 Å². The molecule has 0 aliphatic rings. The Morgan fingerprint density at radius 1 is 0.955 bits per heavy atom. The van der Waals surface area contributed by atoms with E-state index in [1.54, 1.807) is 6.07 Å². The van der Waals surface area contributed by atoms with Crippen molar-refractivity contribution in [2.24, 2.45) is 0 Å². The molecule has 0 unspecified atom stereocenters. The molecule has 0 saturated carbocycles. The predicted octanol–water partition coefficient (Wildman–Crippen LogP) is 4.64. The minimum absolute atomic E-state index is 0.0698. The lowest BCUT2D eigenvalue weighted by Crippen LogP contribution is -2.14. The van der Waals surface area contributed by atoms with E-state index in [-0.39, 0.29) is 11.2 Å². The molecule has 2 aromatic carbocycles. The van der Waals surface area contributed by atoms with Crippen molar-refractivity contribution in [1.82, 2.24) is 0 Å². The summed E-state index contributed by atoms with van der Waals surface area (Å²) in [7, 11) is 0. The Labute approximate surface area is 132 Å². The molecule has 22 heavy (non-hydrogen) atoms. The van der Waals surface area contributed by atoms with Crippen LogP contribution < -0.4 is 0 Å². The molecule has 0 aliphatic carbocycles. The Bertz CT molecular complexity index is 734. The fourth-order valence-corrected chi connectivity index (χ4v) is 2.36. The van der Waals surface area contributed by atoms with Crippen molar-refractivity contribution in [3.8, 4) is 0 Å². The zero-order valence-corrected chi connectivity index (χ0v) is 13.9. The minimum atomic E-state index is -0.101. The molecular weight excluding hydrogens is 272 g/mol. The summed E-state index contributed by atoms with van der Waals surface area (Å²) >= 11 is 0. The number of hydrogen-bond acceptors (Lipinski definition) is 2. The van der Waals surface area contributed by atoms with Crippen molar-refractivity contribution in [3.63, 3.8) is 0 Å². The van der Waals surface area contributed by atoms with Crippen LogP contribution in [0.2, 0.25) is 0 Å². The number of carbonyl (C=O) groups is 2. The van der Waals surface area contributed by atoms with Crippen LogP contribution in [-0.2, 0) is 5.41 Å². The van der Waals surface area contributed by atoms with Crippen LogP contribution in [0.15, 0.2) is 36.4 Å². The third-order valence-corrected chi connectivity index (χ3v) is 4.06. The lowest BCUT2D eigenvalue weighted by molar-refractivity contribution is 0.102. The van der Waals surface area contributed by atoms with Crippen LogP contribution in [0, 0.1) is 13.8 Å². The maximum Gasteiger partial charge on any atom is 0.193 e. The smallest absolute Gasteiger partial charge is 0.193 e. The Balaban J connectivity index is 2.56. The van der Waals surface area contributed by atoms with E-state index in [2.05, 4.69) is 20.8 Å². The summed E-state index contributed by atoms with van der Waals surface area (Å²) in [5, 5.41) is 0. The Kier molecular flexibility index (Phi) is 4.32. The summed E-state index contributed by atoms with van der Waals surface area (Å²) in [6.45, 7) is 10.3. The Morgan fingerprint density at radius 2 is 1.64 bits per heavy atom.